The molecule has 3 heterocycles. The Morgan fingerprint density at radius 2 is 2.07 bits per heavy atom. The zero-order valence-electron chi connectivity index (χ0n) is 15.6. The number of amides is 1. The SMILES string of the molecule is CC[C@H](OC(=O)c1cnc2c(cnn2C(C)C)c1)C(=O)Nc1cc(C)on1. The van der Waals surface area contributed by atoms with Crippen LogP contribution in [0.3, 0.4) is 0 Å². The molecule has 0 aromatic carbocycles. The predicted octanol–water partition coefficient (Wildman–Crippen LogP) is 2.88. The number of fused-ring (bicyclic) bond motifs is 1. The second-order valence-electron chi connectivity index (χ2n) is 6.43. The fourth-order valence-corrected chi connectivity index (χ4v) is 2.58. The van der Waals surface area contributed by atoms with Gasteiger partial charge in [-0.25, -0.2) is 14.5 Å². The van der Waals surface area contributed by atoms with Gasteiger partial charge in [-0.3, -0.25) is 4.79 Å². The topological polar surface area (TPSA) is 112 Å². The summed E-state index contributed by atoms with van der Waals surface area (Å²) in [5.41, 5.74) is 0.946. The Balaban J connectivity index is 1.72. The van der Waals surface area contributed by atoms with E-state index in [-0.39, 0.29) is 17.4 Å². The first kappa shape index (κ1) is 18.6. The van der Waals surface area contributed by atoms with Crippen molar-refractivity contribution in [3.63, 3.8) is 0 Å². The van der Waals surface area contributed by atoms with Crippen LogP contribution in [0.4, 0.5) is 5.82 Å². The van der Waals surface area contributed by atoms with Gasteiger partial charge in [0.15, 0.2) is 17.6 Å². The van der Waals surface area contributed by atoms with Crippen LogP contribution < -0.4 is 5.32 Å². The predicted molar refractivity (Wildman–Crippen MR) is 97.3 cm³/mol. The van der Waals surface area contributed by atoms with Crippen molar-refractivity contribution in [1.82, 2.24) is 19.9 Å². The van der Waals surface area contributed by atoms with Gasteiger partial charge >= 0.3 is 5.97 Å². The summed E-state index contributed by atoms with van der Waals surface area (Å²) in [6, 6.07) is 3.39. The van der Waals surface area contributed by atoms with E-state index in [0.29, 0.717) is 17.8 Å². The van der Waals surface area contributed by atoms with Gasteiger partial charge in [0.25, 0.3) is 5.91 Å². The van der Waals surface area contributed by atoms with Gasteiger partial charge in [-0.15, -0.1) is 0 Å². The molecule has 0 aliphatic heterocycles. The molecule has 9 heteroatoms. The molecular weight excluding hydrogens is 350 g/mol. The third kappa shape index (κ3) is 3.97. The second-order valence-corrected chi connectivity index (χ2v) is 6.43. The first-order chi connectivity index (χ1) is 12.9. The molecule has 0 saturated carbocycles. The van der Waals surface area contributed by atoms with E-state index in [0.717, 1.165) is 5.39 Å². The fraction of sp³-hybridized carbons (Fsp3) is 0.389. The molecule has 3 aromatic rings. The highest BCUT2D eigenvalue weighted by molar-refractivity contribution is 5.98. The summed E-state index contributed by atoms with van der Waals surface area (Å²) in [6.45, 7) is 7.46. The summed E-state index contributed by atoms with van der Waals surface area (Å²) >= 11 is 0. The Morgan fingerprint density at radius 1 is 1.30 bits per heavy atom. The monoisotopic (exact) mass is 371 g/mol. The lowest BCUT2D eigenvalue weighted by molar-refractivity contribution is -0.124. The van der Waals surface area contributed by atoms with E-state index in [4.69, 9.17) is 9.26 Å². The maximum absolute atomic E-state index is 12.5. The van der Waals surface area contributed by atoms with Crippen molar-refractivity contribution in [2.24, 2.45) is 0 Å². The molecule has 0 aliphatic rings. The molecular formula is C18H21N5O4. The molecule has 1 atom stereocenters. The van der Waals surface area contributed by atoms with Gasteiger partial charge in [0.05, 0.1) is 11.8 Å². The molecule has 0 spiro atoms. The third-order valence-electron chi connectivity index (χ3n) is 3.95. The van der Waals surface area contributed by atoms with E-state index in [9.17, 15) is 9.59 Å². The average Bonchev–Trinajstić information content (AvgIpc) is 3.24. The highest BCUT2D eigenvalue weighted by Gasteiger charge is 2.23. The zero-order valence-corrected chi connectivity index (χ0v) is 15.6. The van der Waals surface area contributed by atoms with Crippen LogP contribution in [0.1, 0.15) is 49.4 Å². The largest absolute Gasteiger partial charge is 0.449 e. The Labute approximate surface area is 155 Å². The van der Waals surface area contributed by atoms with Gasteiger partial charge in [-0.05, 0) is 33.3 Å². The summed E-state index contributed by atoms with van der Waals surface area (Å²) in [5, 5.41) is 11.3. The number of carbonyl (C=O) groups excluding carboxylic acids is 2. The number of pyridine rings is 1. The number of rotatable bonds is 6. The minimum Gasteiger partial charge on any atom is -0.449 e. The number of esters is 1. The fourth-order valence-electron chi connectivity index (χ4n) is 2.58. The number of aromatic nitrogens is 4. The smallest absolute Gasteiger partial charge is 0.340 e. The minimum absolute atomic E-state index is 0.154. The van der Waals surface area contributed by atoms with Crippen LogP contribution >= 0.6 is 0 Å². The van der Waals surface area contributed by atoms with E-state index in [1.54, 1.807) is 36.9 Å². The van der Waals surface area contributed by atoms with Gasteiger partial charge < -0.3 is 14.6 Å². The van der Waals surface area contributed by atoms with Crippen molar-refractivity contribution >= 4 is 28.7 Å². The number of anilines is 1. The molecule has 9 nitrogen and oxygen atoms in total. The van der Waals surface area contributed by atoms with Crippen molar-refractivity contribution in [3.8, 4) is 0 Å². The molecule has 27 heavy (non-hydrogen) atoms. The Hall–Kier alpha value is -3.23. The molecule has 0 fully saturated rings. The molecule has 0 radical (unpaired) electrons. The number of ether oxygens (including phenoxy) is 1. The lowest BCUT2D eigenvalue weighted by Gasteiger charge is -2.15. The lowest BCUT2D eigenvalue weighted by Crippen LogP contribution is -2.32. The quantitative estimate of drug-likeness (QED) is 0.663. The first-order valence-electron chi connectivity index (χ1n) is 8.67. The van der Waals surface area contributed by atoms with Crippen LogP contribution in [0.15, 0.2) is 29.0 Å². The van der Waals surface area contributed by atoms with E-state index >= 15 is 0 Å². The summed E-state index contributed by atoms with van der Waals surface area (Å²) in [5.74, 6) is -0.256. The van der Waals surface area contributed by atoms with Gasteiger partial charge in [0, 0.05) is 23.7 Å². The average molecular weight is 371 g/mol. The van der Waals surface area contributed by atoms with Crippen LogP contribution in [-0.2, 0) is 9.53 Å². The third-order valence-corrected chi connectivity index (χ3v) is 3.95. The second kappa shape index (κ2) is 7.56. The van der Waals surface area contributed by atoms with Crippen LogP contribution in [0, 0.1) is 6.92 Å². The molecule has 0 bridgehead atoms. The summed E-state index contributed by atoms with van der Waals surface area (Å²) in [4.78, 5) is 29.1. The standard InChI is InChI=1S/C18H21N5O4/c1-5-14(17(24)21-15-6-11(4)27-22-15)26-18(25)13-7-12-9-20-23(10(2)3)16(12)19-8-13/h6-10,14H,5H2,1-4H3,(H,21,22,24)/t14-/m0/s1. The van der Waals surface area contributed by atoms with E-state index in [1.807, 2.05) is 13.8 Å². The maximum Gasteiger partial charge on any atom is 0.340 e. The Kier molecular flexibility index (Phi) is 5.20. The highest BCUT2D eigenvalue weighted by Crippen LogP contribution is 2.18. The molecule has 1 N–H and O–H groups in total. The van der Waals surface area contributed by atoms with Gasteiger partial charge in [-0.1, -0.05) is 12.1 Å². The van der Waals surface area contributed by atoms with Crippen molar-refractivity contribution in [3.05, 3.63) is 35.9 Å². The lowest BCUT2D eigenvalue weighted by atomic mass is 10.2. The van der Waals surface area contributed by atoms with Crippen LogP contribution in [0.2, 0.25) is 0 Å². The van der Waals surface area contributed by atoms with Crippen molar-refractivity contribution in [2.75, 3.05) is 5.32 Å². The van der Waals surface area contributed by atoms with Crippen LogP contribution in [0.25, 0.3) is 11.0 Å². The maximum atomic E-state index is 12.5. The zero-order chi connectivity index (χ0) is 19.6. The van der Waals surface area contributed by atoms with Gasteiger partial charge in [0.1, 0.15) is 5.76 Å². The van der Waals surface area contributed by atoms with E-state index < -0.39 is 18.0 Å². The first-order valence-corrected chi connectivity index (χ1v) is 8.67. The molecule has 142 valence electrons. The number of hydrogen-bond donors (Lipinski definition) is 1. The summed E-state index contributed by atoms with van der Waals surface area (Å²) < 4.78 is 12.0. The molecule has 3 rings (SSSR count). The normalized spacial score (nSPS) is 12.3. The number of nitrogens with one attached hydrogen (secondary N) is 1. The van der Waals surface area contributed by atoms with E-state index in [1.165, 1.54) is 6.20 Å². The minimum atomic E-state index is -0.955. The molecule has 0 saturated heterocycles. The highest BCUT2D eigenvalue weighted by atomic mass is 16.5. The van der Waals surface area contributed by atoms with Gasteiger partial charge in [-0.2, -0.15) is 5.10 Å². The molecule has 0 aliphatic carbocycles. The summed E-state index contributed by atoms with van der Waals surface area (Å²) in [7, 11) is 0. The number of carbonyl (C=O) groups is 2. The molecule has 0 unspecified atom stereocenters. The number of nitrogens with zero attached hydrogens (tertiary/aromatic N) is 4. The Bertz CT molecular complexity index is 975. The molecule has 1 amide bonds. The Morgan fingerprint density at radius 3 is 2.70 bits per heavy atom. The van der Waals surface area contributed by atoms with Crippen LogP contribution in [0.5, 0.6) is 0 Å². The van der Waals surface area contributed by atoms with Gasteiger partial charge in [0.2, 0.25) is 0 Å². The molecule has 3 aromatic heterocycles. The van der Waals surface area contributed by atoms with Crippen molar-refractivity contribution in [1.29, 1.82) is 0 Å². The van der Waals surface area contributed by atoms with Crippen molar-refractivity contribution in [2.45, 2.75) is 46.3 Å². The van der Waals surface area contributed by atoms with E-state index in [2.05, 4.69) is 20.6 Å². The summed E-state index contributed by atoms with van der Waals surface area (Å²) in [6.07, 6.45) is 2.44. The van der Waals surface area contributed by atoms with Crippen molar-refractivity contribution < 1.29 is 18.8 Å². The van der Waals surface area contributed by atoms with Crippen LogP contribution in [-0.4, -0.2) is 37.9 Å². The number of hydrogen-bond acceptors (Lipinski definition) is 7. The number of aryl methyl sites for hydroxylation is 1.